The van der Waals surface area contributed by atoms with Gasteiger partial charge in [0.2, 0.25) is 5.91 Å². The number of aromatic nitrogens is 5. The van der Waals surface area contributed by atoms with Crippen LogP contribution < -0.4 is 10.5 Å². The van der Waals surface area contributed by atoms with Crippen molar-refractivity contribution in [2.45, 2.75) is 6.54 Å². The number of nitrogens with zero attached hydrogens (tertiary/aromatic N) is 7. The van der Waals surface area contributed by atoms with Crippen molar-refractivity contribution < 1.29 is 4.79 Å². The van der Waals surface area contributed by atoms with E-state index < -0.39 is 0 Å². The molecule has 2 aromatic carbocycles. The van der Waals surface area contributed by atoms with Crippen LogP contribution >= 0.6 is 0 Å². The summed E-state index contributed by atoms with van der Waals surface area (Å²) < 4.78 is 1.13. The maximum absolute atomic E-state index is 12.8. The molecule has 1 fully saturated rings. The van der Waals surface area contributed by atoms with Gasteiger partial charge in [-0.2, -0.15) is 0 Å². The molecule has 1 amide bonds. The second-order valence-corrected chi connectivity index (χ2v) is 7.54. The number of hydrogen-bond acceptors (Lipinski definition) is 7. The van der Waals surface area contributed by atoms with Gasteiger partial charge in [-0.3, -0.25) is 9.59 Å². The number of piperazine rings is 1. The topological polar surface area (TPSA) is 97.1 Å². The van der Waals surface area contributed by atoms with E-state index in [1.807, 2.05) is 36.4 Å². The molecule has 0 radical (unpaired) electrons. The maximum Gasteiger partial charge on any atom is 0.278 e. The highest BCUT2D eigenvalue weighted by Gasteiger charge is 2.23. The first-order valence-electron chi connectivity index (χ1n) is 10.4. The van der Waals surface area contributed by atoms with Gasteiger partial charge in [-0.1, -0.05) is 47.7 Å². The van der Waals surface area contributed by atoms with E-state index in [2.05, 4.69) is 20.2 Å². The van der Waals surface area contributed by atoms with E-state index in [4.69, 9.17) is 4.98 Å². The summed E-state index contributed by atoms with van der Waals surface area (Å²) in [5, 5.41) is 8.42. The Morgan fingerprint density at radius 2 is 1.66 bits per heavy atom. The summed E-state index contributed by atoms with van der Waals surface area (Å²) in [7, 11) is 0. The van der Waals surface area contributed by atoms with Crippen molar-refractivity contribution >= 4 is 22.6 Å². The Labute approximate surface area is 183 Å². The van der Waals surface area contributed by atoms with E-state index in [0.717, 1.165) is 16.1 Å². The zero-order valence-corrected chi connectivity index (χ0v) is 17.3. The summed E-state index contributed by atoms with van der Waals surface area (Å²) in [6, 6.07) is 18.7. The van der Waals surface area contributed by atoms with E-state index in [0.29, 0.717) is 42.9 Å². The molecule has 1 saturated heterocycles. The first-order valence-corrected chi connectivity index (χ1v) is 10.4. The van der Waals surface area contributed by atoms with E-state index in [1.54, 1.807) is 35.4 Å². The molecule has 9 nitrogen and oxygen atoms in total. The van der Waals surface area contributed by atoms with Gasteiger partial charge in [0.15, 0.2) is 5.82 Å². The van der Waals surface area contributed by atoms with Crippen LogP contribution in [0.4, 0.5) is 5.82 Å². The number of rotatable bonds is 4. The molecule has 1 aliphatic rings. The van der Waals surface area contributed by atoms with Crippen LogP contribution in [0, 0.1) is 0 Å². The summed E-state index contributed by atoms with van der Waals surface area (Å²) in [5.74, 6) is 1.36. The van der Waals surface area contributed by atoms with E-state index in [9.17, 15) is 9.59 Å². The van der Waals surface area contributed by atoms with Crippen LogP contribution in [0.2, 0.25) is 0 Å². The SMILES string of the molecule is O=C(Cn1nnc2ccccc2c1=O)N1CCN(c2ccnc(-c3ccccc3)n2)CC1. The smallest absolute Gasteiger partial charge is 0.278 e. The van der Waals surface area contributed by atoms with Crippen LogP contribution in [0.15, 0.2) is 71.7 Å². The maximum atomic E-state index is 12.8. The van der Waals surface area contributed by atoms with Gasteiger partial charge >= 0.3 is 0 Å². The van der Waals surface area contributed by atoms with Gasteiger partial charge in [0.25, 0.3) is 5.56 Å². The Balaban J connectivity index is 1.25. The summed E-state index contributed by atoms with van der Waals surface area (Å²) in [6.07, 6.45) is 1.76. The third kappa shape index (κ3) is 3.92. The van der Waals surface area contributed by atoms with Gasteiger partial charge in [-0.25, -0.2) is 14.6 Å². The molecule has 0 bridgehead atoms. The van der Waals surface area contributed by atoms with E-state index in [1.165, 1.54) is 0 Å². The Kier molecular flexibility index (Phi) is 5.29. The van der Waals surface area contributed by atoms with Gasteiger partial charge in [0.1, 0.15) is 17.9 Å². The van der Waals surface area contributed by atoms with Gasteiger partial charge in [0.05, 0.1) is 5.39 Å². The lowest BCUT2D eigenvalue weighted by atomic mass is 10.2. The fourth-order valence-corrected chi connectivity index (χ4v) is 3.79. The molecular weight excluding hydrogens is 406 g/mol. The molecule has 0 aliphatic carbocycles. The number of benzene rings is 2. The van der Waals surface area contributed by atoms with Crippen LogP contribution in [0.25, 0.3) is 22.3 Å². The lowest BCUT2D eigenvalue weighted by Crippen LogP contribution is -2.50. The van der Waals surface area contributed by atoms with E-state index in [-0.39, 0.29) is 18.0 Å². The highest BCUT2D eigenvalue weighted by Crippen LogP contribution is 2.19. The minimum atomic E-state index is -0.308. The monoisotopic (exact) mass is 427 g/mol. The molecule has 160 valence electrons. The molecule has 1 aliphatic heterocycles. The summed E-state index contributed by atoms with van der Waals surface area (Å²) >= 11 is 0. The van der Waals surface area contributed by atoms with Crippen LogP contribution in [0.1, 0.15) is 0 Å². The molecule has 4 aromatic rings. The molecule has 0 spiro atoms. The quantitative estimate of drug-likeness (QED) is 0.488. The van der Waals surface area contributed by atoms with Gasteiger partial charge in [-0.15, -0.1) is 5.10 Å². The molecule has 0 atom stereocenters. The number of carbonyl (C=O) groups excluding carboxylic acids is 1. The zero-order chi connectivity index (χ0) is 21.9. The van der Waals surface area contributed by atoms with Gasteiger partial charge < -0.3 is 9.80 Å². The molecular formula is C23H21N7O2. The molecule has 5 rings (SSSR count). The highest BCUT2D eigenvalue weighted by atomic mass is 16.2. The van der Waals surface area contributed by atoms with Crippen molar-refractivity contribution in [1.82, 2.24) is 29.9 Å². The number of carbonyl (C=O) groups is 1. The predicted octanol–water partition coefficient (Wildman–Crippen LogP) is 1.60. The summed E-state index contributed by atoms with van der Waals surface area (Å²) in [5.41, 5.74) is 1.18. The Bertz CT molecular complexity index is 1310. The van der Waals surface area contributed by atoms with Crippen molar-refractivity contribution in [3.05, 3.63) is 77.2 Å². The molecule has 2 aromatic heterocycles. The van der Waals surface area contributed by atoms with Crippen LogP contribution in [-0.2, 0) is 11.3 Å². The minimum absolute atomic E-state index is 0.123. The Hall–Kier alpha value is -4.14. The van der Waals surface area contributed by atoms with Crippen molar-refractivity contribution in [2.75, 3.05) is 31.1 Å². The first-order chi connectivity index (χ1) is 15.7. The second kappa shape index (κ2) is 8.54. The second-order valence-electron chi connectivity index (χ2n) is 7.54. The van der Waals surface area contributed by atoms with Crippen LogP contribution in [-0.4, -0.2) is 61.9 Å². The third-order valence-electron chi connectivity index (χ3n) is 5.54. The Morgan fingerprint density at radius 3 is 2.47 bits per heavy atom. The highest BCUT2D eigenvalue weighted by molar-refractivity contribution is 5.78. The first kappa shape index (κ1) is 19.8. The average molecular weight is 427 g/mol. The van der Waals surface area contributed by atoms with Crippen LogP contribution in [0.3, 0.4) is 0 Å². The summed E-state index contributed by atoms with van der Waals surface area (Å²) in [4.78, 5) is 38.3. The van der Waals surface area contributed by atoms with Crippen molar-refractivity contribution in [3.8, 4) is 11.4 Å². The van der Waals surface area contributed by atoms with Crippen molar-refractivity contribution in [2.24, 2.45) is 0 Å². The number of anilines is 1. The molecule has 3 heterocycles. The lowest BCUT2D eigenvalue weighted by Gasteiger charge is -2.35. The van der Waals surface area contributed by atoms with Crippen LogP contribution in [0.5, 0.6) is 0 Å². The molecule has 0 saturated carbocycles. The fraction of sp³-hybridized carbons (Fsp3) is 0.217. The lowest BCUT2D eigenvalue weighted by molar-refractivity contribution is -0.132. The number of fused-ring (bicyclic) bond motifs is 1. The molecule has 0 unspecified atom stereocenters. The molecule has 32 heavy (non-hydrogen) atoms. The summed E-state index contributed by atoms with van der Waals surface area (Å²) in [6.45, 7) is 2.26. The fourth-order valence-electron chi connectivity index (χ4n) is 3.79. The largest absolute Gasteiger partial charge is 0.353 e. The van der Waals surface area contributed by atoms with E-state index >= 15 is 0 Å². The molecule has 0 N–H and O–H groups in total. The number of amides is 1. The van der Waals surface area contributed by atoms with Crippen molar-refractivity contribution in [1.29, 1.82) is 0 Å². The third-order valence-corrected chi connectivity index (χ3v) is 5.54. The number of hydrogen-bond donors (Lipinski definition) is 0. The van der Waals surface area contributed by atoms with Gasteiger partial charge in [-0.05, 0) is 18.2 Å². The normalized spacial score (nSPS) is 14.0. The molecule has 9 heteroatoms. The Morgan fingerprint density at radius 1 is 0.906 bits per heavy atom. The zero-order valence-electron chi connectivity index (χ0n) is 17.3. The minimum Gasteiger partial charge on any atom is -0.353 e. The van der Waals surface area contributed by atoms with Gasteiger partial charge in [0, 0.05) is 37.9 Å². The predicted molar refractivity (Wildman–Crippen MR) is 120 cm³/mol. The standard InChI is InChI=1S/C23H21N7O2/c31-21(16-30-23(32)18-8-4-5-9-19(18)26-27-30)29-14-12-28(13-15-29)20-10-11-24-22(25-20)17-6-2-1-3-7-17/h1-11H,12-16H2. The average Bonchev–Trinajstić information content (AvgIpc) is 2.86. The van der Waals surface area contributed by atoms with Crippen molar-refractivity contribution in [3.63, 3.8) is 0 Å².